The van der Waals surface area contributed by atoms with E-state index >= 15 is 0 Å². The summed E-state index contributed by atoms with van der Waals surface area (Å²) in [4.78, 5) is 26.5. The van der Waals surface area contributed by atoms with Crippen molar-refractivity contribution in [2.45, 2.75) is 58.0 Å². The maximum Gasteiger partial charge on any atom is 0.410 e. The number of rotatable bonds is 5. The van der Waals surface area contributed by atoms with Crippen LogP contribution in [0.5, 0.6) is 0 Å². The second-order valence-corrected chi connectivity index (χ2v) is 9.39. The molecule has 0 bridgehead atoms. The lowest BCUT2D eigenvalue weighted by Gasteiger charge is -2.34. The number of benzene rings is 1. The standard InChI is InChI=1S/C22H31ClN2O3/c1-22(2,3)28-21(27)25-12-6-7-15(14-25)10-11-24-20(26)18-13-17(18)16-8-4-5-9-19(16)23/h4-5,8-9,15,17-18H,6-7,10-14H2,1-3H3,(H,24,26). The van der Waals surface area contributed by atoms with Crippen LogP contribution in [0.15, 0.2) is 24.3 Å². The number of halogens is 1. The number of hydrogen-bond acceptors (Lipinski definition) is 3. The minimum atomic E-state index is -0.472. The molecular weight excluding hydrogens is 376 g/mol. The van der Waals surface area contributed by atoms with Crippen LogP contribution in [-0.2, 0) is 9.53 Å². The van der Waals surface area contributed by atoms with Crippen LogP contribution in [0.2, 0.25) is 5.02 Å². The van der Waals surface area contributed by atoms with Crippen LogP contribution in [0.1, 0.15) is 57.9 Å². The summed E-state index contributed by atoms with van der Waals surface area (Å²) < 4.78 is 5.48. The van der Waals surface area contributed by atoms with Crippen molar-refractivity contribution in [1.82, 2.24) is 10.2 Å². The highest BCUT2D eigenvalue weighted by atomic mass is 35.5. The molecule has 1 N–H and O–H groups in total. The van der Waals surface area contributed by atoms with Gasteiger partial charge in [0.25, 0.3) is 0 Å². The topological polar surface area (TPSA) is 58.6 Å². The molecule has 2 fully saturated rings. The van der Waals surface area contributed by atoms with E-state index in [1.54, 1.807) is 4.90 Å². The minimum absolute atomic E-state index is 0.0320. The Labute approximate surface area is 172 Å². The predicted octanol–water partition coefficient (Wildman–Crippen LogP) is 4.60. The third-order valence-electron chi connectivity index (χ3n) is 5.45. The zero-order valence-electron chi connectivity index (χ0n) is 17.0. The number of ether oxygens (including phenoxy) is 1. The lowest BCUT2D eigenvalue weighted by molar-refractivity contribution is -0.122. The molecule has 154 valence electrons. The molecule has 1 aromatic carbocycles. The molecular formula is C22H31ClN2O3. The van der Waals surface area contributed by atoms with E-state index in [4.69, 9.17) is 16.3 Å². The van der Waals surface area contributed by atoms with Gasteiger partial charge in [0.1, 0.15) is 5.60 Å². The number of likely N-dealkylation sites (tertiary alicyclic amines) is 1. The summed E-state index contributed by atoms with van der Waals surface area (Å²) in [5.41, 5.74) is 0.602. The first kappa shape index (κ1) is 21.0. The average Bonchev–Trinajstić information content (AvgIpc) is 3.41. The summed E-state index contributed by atoms with van der Waals surface area (Å²) in [5, 5.41) is 3.82. The van der Waals surface area contributed by atoms with Gasteiger partial charge in [0, 0.05) is 30.6 Å². The molecule has 3 atom stereocenters. The maximum atomic E-state index is 12.4. The predicted molar refractivity (Wildman–Crippen MR) is 110 cm³/mol. The van der Waals surface area contributed by atoms with Crippen molar-refractivity contribution in [2.24, 2.45) is 11.8 Å². The van der Waals surface area contributed by atoms with Gasteiger partial charge in [-0.05, 0) is 69.9 Å². The monoisotopic (exact) mass is 406 g/mol. The summed E-state index contributed by atoms with van der Waals surface area (Å²) in [6.07, 6.45) is 3.58. The number of amides is 2. The highest BCUT2D eigenvalue weighted by Gasteiger charge is 2.44. The minimum Gasteiger partial charge on any atom is -0.444 e. The van der Waals surface area contributed by atoms with Crippen LogP contribution in [0.3, 0.4) is 0 Å². The van der Waals surface area contributed by atoms with Crippen LogP contribution < -0.4 is 5.32 Å². The van der Waals surface area contributed by atoms with Gasteiger partial charge >= 0.3 is 6.09 Å². The molecule has 2 amide bonds. The molecule has 3 unspecified atom stereocenters. The van der Waals surface area contributed by atoms with Crippen molar-refractivity contribution in [3.8, 4) is 0 Å². The van der Waals surface area contributed by atoms with Gasteiger partial charge in [-0.2, -0.15) is 0 Å². The fourth-order valence-corrected chi connectivity index (χ4v) is 4.20. The molecule has 1 heterocycles. The first-order chi connectivity index (χ1) is 13.2. The number of carbonyl (C=O) groups excluding carboxylic acids is 2. The smallest absolute Gasteiger partial charge is 0.410 e. The van der Waals surface area contributed by atoms with Crippen molar-refractivity contribution >= 4 is 23.6 Å². The highest BCUT2D eigenvalue weighted by molar-refractivity contribution is 6.31. The molecule has 0 aromatic heterocycles. The van der Waals surface area contributed by atoms with Crippen LogP contribution in [0.25, 0.3) is 0 Å². The second-order valence-electron chi connectivity index (χ2n) is 8.98. The Morgan fingerprint density at radius 3 is 2.75 bits per heavy atom. The van der Waals surface area contributed by atoms with Gasteiger partial charge < -0.3 is 15.0 Å². The first-order valence-electron chi connectivity index (χ1n) is 10.2. The molecule has 1 aliphatic heterocycles. The van der Waals surface area contributed by atoms with E-state index in [0.29, 0.717) is 19.0 Å². The molecule has 28 heavy (non-hydrogen) atoms. The molecule has 6 heteroatoms. The summed E-state index contributed by atoms with van der Waals surface area (Å²) in [7, 11) is 0. The van der Waals surface area contributed by atoms with Gasteiger partial charge in [-0.25, -0.2) is 4.79 Å². The number of hydrogen-bond donors (Lipinski definition) is 1. The van der Waals surface area contributed by atoms with Crippen molar-refractivity contribution in [1.29, 1.82) is 0 Å². The molecule has 3 rings (SSSR count). The molecule has 1 aliphatic carbocycles. The summed E-state index contributed by atoms with van der Waals surface area (Å²) >= 11 is 6.24. The fraction of sp³-hybridized carbons (Fsp3) is 0.636. The SMILES string of the molecule is CC(C)(C)OC(=O)N1CCCC(CCNC(=O)C2CC2c2ccccc2Cl)C1. The van der Waals surface area contributed by atoms with Crippen molar-refractivity contribution in [2.75, 3.05) is 19.6 Å². The highest BCUT2D eigenvalue weighted by Crippen LogP contribution is 2.49. The van der Waals surface area contributed by atoms with E-state index in [1.807, 2.05) is 45.0 Å². The van der Waals surface area contributed by atoms with Crippen LogP contribution in [0.4, 0.5) is 4.79 Å². The molecule has 2 aliphatic rings. The Kier molecular flexibility index (Phi) is 6.54. The van der Waals surface area contributed by atoms with E-state index in [0.717, 1.165) is 42.8 Å². The van der Waals surface area contributed by atoms with E-state index < -0.39 is 5.60 Å². The summed E-state index contributed by atoms with van der Waals surface area (Å²) in [6, 6.07) is 7.76. The van der Waals surface area contributed by atoms with Gasteiger partial charge in [0.2, 0.25) is 5.91 Å². The van der Waals surface area contributed by atoms with E-state index in [-0.39, 0.29) is 23.8 Å². The molecule has 0 radical (unpaired) electrons. The largest absolute Gasteiger partial charge is 0.444 e. The van der Waals surface area contributed by atoms with Crippen LogP contribution in [0, 0.1) is 11.8 Å². The number of piperidine rings is 1. The van der Waals surface area contributed by atoms with Crippen molar-refractivity contribution in [3.05, 3.63) is 34.9 Å². The molecule has 1 saturated carbocycles. The average molecular weight is 407 g/mol. The van der Waals surface area contributed by atoms with E-state index in [2.05, 4.69) is 5.32 Å². The zero-order chi connectivity index (χ0) is 20.3. The molecule has 0 spiro atoms. The summed E-state index contributed by atoms with van der Waals surface area (Å²) in [5.74, 6) is 0.792. The zero-order valence-corrected chi connectivity index (χ0v) is 17.8. The third-order valence-corrected chi connectivity index (χ3v) is 5.80. The molecule has 1 aromatic rings. The third kappa shape index (κ3) is 5.63. The number of nitrogens with one attached hydrogen (secondary N) is 1. The van der Waals surface area contributed by atoms with Gasteiger partial charge in [-0.15, -0.1) is 0 Å². The van der Waals surface area contributed by atoms with Gasteiger partial charge in [-0.3, -0.25) is 4.79 Å². The molecule has 1 saturated heterocycles. The lowest BCUT2D eigenvalue weighted by Crippen LogP contribution is -2.43. The maximum absolute atomic E-state index is 12.4. The van der Waals surface area contributed by atoms with E-state index in [1.165, 1.54) is 0 Å². The van der Waals surface area contributed by atoms with Crippen LogP contribution in [-0.4, -0.2) is 42.1 Å². The Hall–Kier alpha value is -1.75. The summed E-state index contributed by atoms with van der Waals surface area (Å²) in [6.45, 7) is 7.76. The second kappa shape index (κ2) is 8.73. The van der Waals surface area contributed by atoms with Crippen LogP contribution >= 0.6 is 11.6 Å². The normalized spacial score (nSPS) is 24.6. The van der Waals surface area contributed by atoms with Crippen molar-refractivity contribution in [3.63, 3.8) is 0 Å². The van der Waals surface area contributed by atoms with Gasteiger partial charge in [0.15, 0.2) is 0 Å². The number of carbonyl (C=O) groups is 2. The van der Waals surface area contributed by atoms with Crippen molar-refractivity contribution < 1.29 is 14.3 Å². The van der Waals surface area contributed by atoms with E-state index in [9.17, 15) is 9.59 Å². The Balaban J connectivity index is 1.40. The Morgan fingerprint density at radius 2 is 2.04 bits per heavy atom. The van der Waals surface area contributed by atoms with Gasteiger partial charge in [0.05, 0.1) is 0 Å². The molecule has 5 nitrogen and oxygen atoms in total. The number of nitrogens with zero attached hydrogens (tertiary/aromatic N) is 1. The lowest BCUT2D eigenvalue weighted by atomic mass is 9.95. The Bertz CT molecular complexity index is 716. The van der Waals surface area contributed by atoms with Gasteiger partial charge in [-0.1, -0.05) is 29.8 Å². The Morgan fingerprint density at radius 1 is 1.29 bits per heavy atom. The quantitative estimate of drug-likeness (QED) is 0.777. The first-order valence-corrected chi connectivity index (χ1v) is 10.6. The fourth-order valence-electron chi connectivity index (χ4n) is 3.93.